The highest BCUT2D eigenvalue weighted by Gasteiger charge is 2.19. The van der Waals surface area contributed by atoms with Crippen LogP contribution < -0.4 is 0 Å². The van der Waals surface area contributed by atoms with Gasteiger partial charge in [0.1, 0.15) is 0 Å². The largest absolute Gasteiger partial charge is 0.309 e. The summed E-state index contributed by atoms with van der Waals surface area (Å²) in [5.74, 6) is 0. The number of para-hydroxylation sites is 2. The predicted molar refractivity (Wildman–Crippen MR) is 219 cm³/mol. The summed E-state index contributed by atoms with van der Waals surface area (Å²) >= 11 is 1.88. The van der Waals surface area contributed by atoms with E-state index in [1.165, 1.54) is 97.4 Å². The van der Waals surface area contributed by atoms with Gasteiger partial charge >= 0.3 is 0 Å². The van der Waals surface area contributed by atoms with E-state index in [1.807, 2.05) is 11.3 Å². The second-order valence-corrected chi connectivity index (χ2v) is 14.4. The number of aromatic nitrogens is 2. The maximum atomic E-state index is 2.49. The van der Waals surface area contributed by atoms with Crippen LogP contribution >= 0.6 is 11.3 Å². The van der Waals surface area contributed by atoms with Crippen molar-refractivity contribution in [1.29, 1.82) is 0 Å². The van der Waals surface area contributed by atoms with Crippen LogP contribution in [0.1, 0.15) is 0 Å². The normalized spacial score (nSPS) is 11.9. The molecule has 0 saturated carbocycles. The van der Waals surface area contributed by atoms with E-state index in [1.54, 1.807) is 0 Å². The Bertz CT molecular complexity index is 3110. The average Bonchev–Trinajstić information content (AvgIpc) is 3.86. The van der Waals surface area contributed by atoms with E-state index in [2.05, 4.69) is 191 Å². The Hall–Kier alpha value is -6.42. The van der Waals surface area contributed by atoms with Crippen molar-refractivity contribution in [3.63, 3.8) is 0 Å². The minimum atomic E-state index is 1.17. The molecule has 0 amide bonds. The summed E-state index contributed by atoms with van der Waals surface area (Å²) in [6, 6.07) is 66.6. The van der Waals surface area contributed by atoms with Crippen LogP contribution in [0.25, 0.3) is 97.4 Å². The Kier molecular flexibility index (Phi) is 6.16. The van der Waals surface area contributed by atoms with Gasteiger partial charge < -0.3 is 9.13 Å². The molecule has 0 aliphatic rings. The number of fused-ring (bicyclic) bond motifs is 10. The van der Waals surface area contributed by atoms with Crippen LogP contribution in [0.3, 0.4) is 0 Å². The molecule has 0 aliphatic heterocycles. The molecule has 11 aromatic rings. The predicted octanol–water partition coefficient (Wildman–Crippen LogP) is 13.6. The lowest BCUT2D eigenvalue weighted by atomic mass is 10.00. The molecule has 3 heterocycles. The third-order valence-electron chi connectivity index (χ3n) is 10.5. The van der Waals surface area contributed by atoms with Crippen LogP contribution in [0.4, 0.5) is 0 Å². The second-order valence-electron chi connectivity index (χ2n) is 13.3. The summed E-state index contributed by atoms with van der Waals surface area (Å²) in [5, 5.41) is 7.71. The van der Waals surface area contributed by atoms with Gasteiger partial charge in [0.2, 0.25) is 0 Å². The molecule has 2 nitrogen and oxygen atoms in total. The molecule has 0 atom stereocenters. The van der Waals surface area contributed by atoms with Gasteiger partial charge in [0.05, 0.1) is 22.1 Å². The van der Waals surface area contributed by atoms with Gasteiger partial charge in [-0.2, -0.15) is 0 Å². The molecule has 0 aliphatic carbocycles. The molecule has 51 heavy (non-hydrogen) atoms. The Morgan fingerprint density at radius 1 is 0.314 bits per heavy atom. The lowest BCUT2D eigenvalue weighted by Gasteiger charge is -2.11. The minimum absolute atomic E-state index is 1.17. The van der Waals surface area contributed by atoms with E-state index < -0.39 is 0 Å². The number of hydrogen-bond donors (Lipinski definition) is 0. The van der Waals surface area contributed by atoms with Gasteiger partial charge in [-0.25, -0.2) is 0 Å². The number of rotatable bonds is 4. The lowest BCUT2D eigenvalue weighted by Crippen LogP contribution is -1.94. The molecule has 3 aromatic heterocycles. The van der Waals surface area contributed by atoms with E-state index in [0.717, 1.165) is 0 Å². The van der Waals surface area contributed by atoms with Crippen LogP contribution in [0.5, 0.6) is 0 Å². The first-order valence-corrected chi connectivity index (χ1v) is 18.3. The Morgan fingerprint density at radius 3 is 1.63 bits per heavy atom. The van der Waals surface area contributed by atoms with Crippen molar-refractivity contribution in [2.45, 2.75) is 0 Å². The molecule has 0 radical (unpaired) electrons. The van der Waals surface area contributed by atoms with Gasteiger partial charge in [0, 0.05) is 53.1 Å². The fourth-order valence-corrected chi connectivity index (χ4v) is 9.31. The van der Waals surface area contributed by atoms with Crippen LogP contribution in [-0.4, -0.2) is 9.13 Å². The second kappa shape index (κ2) is 11.0. The highest BCUT2D eigenvalue weighted by molar-refractivity contribution is 7.26. The fraction of sp³-hybridized carbons (Fsp3) is 0. The number of nitrogens with zero attached hydrogens (tertiary/aromatic N) is 2. The molecular weight excluding hydrogens is 637 g/mol. The molecule has 0 unspecified atom stereocenters. The van der Waals surface area contributed by atoms with Crippen molar-refractivity contribution in [1.82, 2.24) is 9.13 Å². The van der Waals surface area contributed by atoms with Gasteiger partial charge in [0.15, 0.2) is 0 Å². The smallest absolute Gasteiger partial charge is 0.0634 e. The first-order valence-electron chi connectivity index (χ1n) is 17.4. The number of thiophene rings is 1. The van der Waals surface area contributed by atoms with E-state index in [-0.39, 0.29) is 0 Å². The monoisotopic (exact) mass is 666 g/mol. The van der Waals surface area contributed by atoms with E-state index >= 15 is 0 Å². The summed E-state index contributed by atoms with van der Waals surface area (Å²) in [6.07, 6.45) is 0. The molecule has 0 N–H and O–H groups in total. The van der Waals surface area contributed by atoms with Gasteiger partial charge in [-0.15, -0.1) is 11.3 Å². The van der Waals surface area contributed by atoms with Gasteiger partial charge in [-0.1, -0.05) is 115 Å². The summed E-state index contributed by atoms with van der Waals surface area (Å²) in [6.45, 7) is 0. The maximum absolute atomic E-state index is 2.49. The lowest BCUT2D eigenvalue weighted by molar-refractivity contribution is 1.18. The van der Waals surface area contributed by atoms with Gasteiger partial charge in [-0.05, 0) is 89.0 Å². The standard InChI is InChI=1S/C48H30N2S/c1-3-11-31(12-4-1)32-19-23-36(24-20-32)50-44-27-22-34(30-41(44)38-25-28-46-47(48(38)50)39-16-8-10-18-45(39)51-46)33-21-26-43-40(29-33)37-15-7-9-17-42(37)49(43)35-13-5-2-6-14-35/h1-30H. The van der Waals surface area contributed by atoms with Gasteiger partial charge in [-0.3, -0.25) is 0 Å². The minimum Gasteiger partial charge on any atom is -0.309 e. The van der Waals surface area contributed by atoms with Crippen molar-refractivity contribution in [2.24, 2.45) is 0 Å². The summed E-state index contributed by atoms with van der Waals surface area (Å²) in [5.41, 5.74) is 12.1. The first-order chi connectivity index (χ1) is 25.3. The molecule has 0 spiro atoms. The highest BCUT2D eigenvalue weighted by Crippen LogP contribution is 2.44. The highest BCUT2D eigenvalue weighted by atomic mass is 32.1. The maximum Gasteiger partial charge on any atom is 0.0634 e. The topological polar surface area (TPSA) is 9.86 Å². The zero-order chi connectivity index (χ0) is 33.5. The molecule has 0 saturated heterocycles. The Morgan fingerprint density at radius 2 is 0.863 bits per heavy atom. The molecule has 3 heteroatoms. The Balaban J connectivity index is 1.15. The van der Waals surface area contributed by atoms with E-state index in [4.69, 9.17) is 0 Å². The van der Waals surface area contributed by atoms with Crippen molar-refractivity contribution < 1.29 is 0 Å². The zero-order valence-electron chi connectivity index (χ0n) is 27.6. The van der Waals surface area contributed by atoms with Crippen LogP contribution in [-0.2, 0) is 0 Å². The van der Waals surface area contributed by atoms with Crippen molar-refractivity contribution in [3.8, 4) is 33.6 Å². The van der Waals surface area contributed by atoms with Crippen LogP contribution in [0, 0.1) is 0 Å². The Labute approximate surface area is 298 Å². The first kappa shape index (κ1) is 28.4. The van der Waals surface area contributed by atoms with Crippen molar-refractivity contribution >= 4 is 75.1 Å². The number of hydrogen-bond acceptors (Lipinski definition) is 1. The van der Waals surface area contributed by atoms with Crippen LogP contribution in [0.2, 0.25) is 0 Å². The molecule has 238 valence electrons. The molecule has 0 bridgehead atoms. The van der Waals surface area contributed by atoms with Crippen LogP contribution in [0.15, 0.2) is 182 Å². The molecule has 11 rings (SSSR count). The summed E-state index contributed by atoms with van der Waals surface area (Å²) in [7, 11) is 0. The average molecular weight is 667 g/mol. The summed E-state index contributed by atoms with van der Waals surface area (Å²) < 4.78 is 7.50. The third-order valence-corrected chi connectivity index (χ3v) is 11.7. The fourth-order valence-electron chi connectivity index (χ4n) is 8.20. The SMILES string of the molecule is c1ccc(-c2ccc(-n3c4ccc(-c5ccc6c(c5)c5ccccc5n6-c5ccccc5)cc4c4ccc5sc6ccccc6c5c43)cc2)cc1. The van der Waals surface area contributed by atoms with Gasteiger partial charge in [0.25, 0.3) is 0 Å². The van der Waals surface area contributed by atoms with E-state index in [0.29, 0.717) is 0 Å². The summed E-state index contributed by atoms with van der Waals surface area (Å²) in [4.78, 5) is 0. The zero-order valence-corrected chi connectivity index (χ0v) is 28.4. The number of benzene rings is 8. The van der Waals surface area contributed by atoms with Crippen molar-refractivity contribution in [2.75, 3.05) is 0 Å². The van der Waals surface area contributed by atoms with Crippen molar-refractivity contribution in [3.05, 3.63) is 182 Å². The quantitative estimate of drug-likeness (QED) is 0.177. The third kappa shape index (κ3) is 4.29. The molecular formula is C48H30N2S. The molecule has 8 aromatic carbocycles. The van der Waals surface area contributed by atoms with E-state index in [9.17, 15) is 0 Å². The molecule has 0 fully saturated rings.